The Labute approximate surface area is 139 Å². The van der Waals surface area contributed by atoms with Gasteiger partial charge in [0.05, 0.1) is 23.5 Å². The number of nitrogens with one attached hydrogen (secondary N) is 1. The van der Waals surface area contributed by atoms with Crippen LogP contribution in [0, 0.1) is 0 Å². The first-order valence-corrected chi connectivity index (χ1v) is 8.17. The molecule has 0 spiro atoms. The van der Waals surface area contributed by atoms with Gasteiger partial charge in [-0.1, -0.05) is 6.07 Å². The summed E-state index contributed by atoms with van der Waals surface area (Å²) < 4.78 is 106. The number of sulfonamides is 1. The number of benzene rings is 1. The smallest absolute Gasteiger partial charge is 0.416 e. The molecule has 0 bridgehead atoms. The van der Waals surface area contributed by atoms with Crippen molar-refractivity contribution in [2.75, 3.05) is 6.61 Å². The van der Waals surface area contributed by atoms with Crippen LogP contribution in [0.2, 0.25) is 0 Å². The molecule has 25 heavy (non-hydrogen) atoms. The molecule has 0 aliphatic heterocycles. The number of hydrogen-bond acceptors (Lipinski definition) is 4. The van der Waals surface area contributed by atoms with E-state index < -0.39 is 51.3 Å². The van der Waals surface area contributed by atoms with Crippen molar-refractivity contribution in [1.29, 1.82) is 0 Å². The molecule has 1 unspecified atom stereocenters. The predicted molar refractivity (Wildman–Crippen MR) is 72.9 cm³/mol. The minimum Gasteiger partial charge on any atom is -0.466 e. The minimum absolute atomic E-state index is 0.195. The third-order valence-corrected chi connectivity index (χ3v) is 4.31. The number of carbonyl (C=O) groups is 1. The molecule has 0 amide bonds. The lowest BCUT2D eigenvalue weighted by atomic mass is 10.2. The van der Waals surface area contributed by atoms with Gasteiger partial charge >= 0.3 is 18.3 Å². The fraction of sp³-hybridized carbons (Fsp3) is 0.462. The Morgan fingerprint density at radius 2 is 1.80 bits per heavy atom. The summed E-state index contributed by atoms with van der Waals surface area (Å²) in [5.41, 5.74) is -1.34. The Morgan fingerprint density at radius 1 is 1.20 bits per heavy atom. The lowest BCUT2D eigenvalue weighted by molar-refractivity contribution is -0.166. The first-order valence-electron chi connectivity index (χ1n) is 6.69. The zero-order valence-electron chi connectivity index (χ0n) is 12.6. The van der Waals surface area contributed by atoms with Gasteiger partial charge in [-0.05, 0) is 25.1 Å². The largest absolute Gasteiger partial charge is 0.466 e. The van der Waals surface area contributed by atoms with Crippen molar-refractivity contribution in [3.8, 4) is 0 Å². The lowest BCUT2D eigenvalue weighted by Gasteiger charge is -2.21. The third-order valence-electron chi connectivity index (χ3n) is 2.84. The molecule has 1 aromatic carbocycles. The van der Waals surface area contributed by atoms with Crippen LogP contribution >= 0.6 is 0 Å². The normalized spacial score (nSPS) is 14.2. The molecular weight excluding hydrogens is 380 g/mol. The maximum absolute atomic E-state index is 12.9. The number of halogens is 6. The molecule has 1 rings (SSSR count). The van der Waals surface area contributed by atoms with Crippen LogP contribution < -0.4 is 4.72 Å². The van der Waals surface area contributed by atoms with Crippen molar-refractivity contribution in [2.45, 2.75) is 36.6 Å². The van der Waals surface area contributed by atoms with Crippen molar-refractivity contribution in [3.63, 3.8) is 0 Å². The van der Waals surface area contributed by atoms with Gasteiger partial charge in [0.1, 0.15) is 6.04 Å². The summed E-state index contributed by atoms with van der Waals surface area (Å²) >= 11 is 0. The lowest BCUT2D eigenvalue weighted by Crippen LogP contribution is -2.46. The Morgan fingerprint density at radius 3 is 2.28 bits per heavy atom. The molecule has 0 heterocycles. The van der Waals surface area contributed by atoms with Gasteiger partial charge < -0.3 is 4.74 Å². The van der Waals surface area contributed by atoms with Crippen molar-refractivity contribution in [3.05, 3.63) is 29.8 Å². The van der Waals surface area contributed by atoms with E-state index in [4.69, 9.17) is 0 Å². The molecule has 1 N–H and O–H groups in total. The predicted octanol–water partition coefficient (Wildman–Crippen LogP) is 2.87. The maximum atomic E-state index is 12.9. The van der Waals surface area contributed by atoms with Crippen LogP contribution in [-0.4, -0.2) is 33.2 Å². The zero-order valence-corrected chi connectivity index (χ0v) is 13.4. The molecule has 0 fully saturated rings. The molecule has 0 aliphatic carbocycles. The number of carbonyl (C=O) groups excluding carboxylic acids is 1. The quantitative estimate of drug-likeness (QED) is 0.596. The fourth-order valence-corrected chi connectivity index (χ4v) is 2.97. The molecule has 0 aromatic heterocycles. The fourth-order valence-electron chi connectivity index (χ4n) is 1.71. The van der Waals surface area contributed by atoms with E-state index >= 15 is 0 Å². The number of alkyl halides is 6. The second-order valence-electron chi connectivity index (χ2n) is 4.75. The van der Waals surface area contributed by atoms with E-state index in [1.54, 1.807) is 0 Å². The molecule has 142 valence electrons. The maximum Gasteiger partial charge on any atom is 0.416 e. The summed E-state index contributed by atoms with van der Waals surface area (Å²) in [6, 6.07) is -0.634. The van der Waals surface area contributed by atoms with Gasteiger partial charge in [0.25, 0.3) is 0 Å². The standard InChI is InChI=1S/C13H13F6NO4S/c1-2-24-11(21)7-10(13(17,18)19)20-25(22,23)9-5-3-4-8(6-9)12(14,15)16/h3-6,10,20H,2,7H2,1H3. The average molecular weight is 393 g/mol. The van der Waals surface area contributed by atoms with Crippen molar-refractivity contribution < 1.29 is 44.3 Å². The van der Waals surface area contributed by atoms with Crippen LogP contribution in [0.25, 0.3) is 0 Å². The van der Waals surface area contributed by atoms with Gasteiger partial charge in [-0.3, -0.25) is 4.79 Å². The monoisotopic (exact) mass is 393 g/mol. The molecule has 0 saturated carbocycles. The van der Waals surface area contributed by atoms with Gasteiger partial charge in [0.2, 0.25) is 10.0 Å². The van der Waals surface area contributed by atoms with Crippen LogP contribution in [0.3, 0.4) is 0 Å². The summed E-state index contributed by atoms with van der Waals surface area (Å²) in [4.78, 5) is 10.2. The van der Waals surface area contributed by atoms with Gasteiger partial charge in [-0.15, -0.1) is 0 Å². The van der Waals surface area contributed by atoms with Crippen LogP contribution in [0.1, 0.15) is 18.9 Å². The summed E-state index contributed by atoms with van der Waals surface area (Å²) in [6.45, 7) is 1.12. The Bertz CT molecular complexity index is 714. The summed E-state index contributed by atoms with van der Waals surface area (Å²) in [6.07, 6.45) is -11.4. The van der Waals surface area contributed by atoms with E-state index in [0.29, 0.717) is 12.1 Å². The van der Waals surface area contributed by atoms with E-state index in [-0.39, 0.29) is 12.7 Å². The molecule has 5 nitrogen and oxygen atoms in total. The third kappa shape index (κ3) is 6.20. The molecular formula is C13H13F6NO4S. The average Bonchev–Trinajstić information content (AvgIpc) is 2.45. The number of ether oxygens (including phenoxy) is 1. The highest BCUT2D eigenvalue weighted by Gasteiger charge is 2.44. The molecule has 0 aliphatic rings. The van der Waals surface area contributed by atoms with Crippen LogP contribution in [-0.2, 0) is 25.7 Å². The summed E-state index contributed by atoms with van der Waals surface area (Å²) in [7, 11) is -4.96. The number of esters is 1. The first kappa shape index (κ1) is 21.2. The molecule has 0 radical (unpaired) electrons. The van der Waals surface area contributed by atoms with E-state index in [1.165, 1.54) is 11.6 Å². The van der Waals surface area contributed by atoms with Gasteiger partial charge in [0.15, 0.2) is 0 Å². The first-order chi connectivity index (χ1) is 11.3. The highest BCUT2D eigenvalue weighted by Crippen LogP contribution is 2.31. The highest BCUT2D eigenvalue weighted by molar-refractivity contribution is 7.89. The zero-order chi connectivity index (χ0) is 19.5. The second-order valence-corrected chi connectivity index (χ2v) is 6.46. The van der Waals surface area contributed by atoms with E-state index in [9.17, 15) is 39.6 Å². The molecule has 1 atom stereocenters. The van der Waals surface area contributed by atoms with Crippen LogP contribution in [0.4, 0.5) is 26.3 Å². The van der Waals surface area contributed by atoms with E-state index in [1.807, 2.05) is 0 Å². The van der Waals surface area contributed by atoms with Gasteiger partial charge in [-0.25, -0.2) is 8.42 Å². The summed E-state index contributed by atoms with van der Waals surface area (Å²) in [5, 5.41) is 0. The molecule has 0 saturated heterocycles. The Hall–Kier alpha value is -1.82. The van der Waals surface area contributed by atoms with Gasteiger partial charge in [0, 0.05) is 0 Å². The van der Waals surface area contributed by atoms with E-state index in [2.05, 4.69) is 4.74 Å². The second kappa shape index (κ2) is 7.60. The van der Waals surface area contributed by atoms with E-state index in [0.717, 1.165) is 6.07 Å². The number of rotatable bonds is 6. The van der Waals surface area contributed by atoms with Crippen molar-refractivity contribution in [1.82, 2.24) is 4.72 Å². The Balaban J connectivity index is 3.13. The van der Waals surface area contributed by atoms with Crippen molar-refractivity contribution >= 4 is 16.0 Å². The molecule has 12 heteroatoms. The van der Waals surface area contributed by atoms with Crippen LogP contribution in [0.15, 0.2) is 29.2 Å². The minimum atomic E-state index is -5.15. The van der Waals surface area contributed by atoms with Crippen molar-refractivity contribution in [2.24, 2.45) is 0 Å². The highest BCUT2D eigenvalue weighted by atomic mass is 32.2. The topological polar surface area (TPSA) is 72.5 Å². The Kier molecular flexibility index (Phi) is 6.45. The summed E-state index contributed by atoms with van der Waals surface area (Å²) in [5.74, 6) is -1.31. The molecule has 1 aromatic rings. The SMILES string of the molecule is CCOC(=O)CC(NS(=O)(=O)c1cccc(C(F)(F)F)c1)C(F)(F)F. The van der Waals surface area contributed by atoms with Crippen LogP contribution in [0.5, 0.6) is 0 Å². The number of hydrogen-bond donors (Lipinski definition) is 1. The van der Waals surface area contributed by atoms with Gasteiger partial charge in [-0.2, -0.15) is 31.1 Å².